The highest BCUT2D eigenvalue weighted by molar-refractivity contribution is 7.99. The molecule has 104 valence electrons. The Morgan fingerprint density at radius 3 is 2.89 bits per heavy atom. The van der Waals surface area contributed by atoms with Gasteiger partial charge in [0.15, 0.2) is 0 Å². The van der Waals surface area contributed by atoms with Crippen molar-refractivity contribution in [3.63, 3.8) is 0 Å². The van der Waals surface area contributed by atoms with Crippen molar-refractivity contribution in [2.45, 2.75) is 62.0 Å². The highest BCUT2D eigenvalue weighted by Crippen LogP contribution is 2.32. The molecule has 0 amide bonds. The summed E-state index contributed by atoms with van der Waals surface area (Å²) in [4.78, 5) is 9.38. The van der Waals surface area contributed by atoms with E-state index in [-0.39, 0.29) is 0 Å². The Balaban J connectivity index is 1.66. The summed E-state index contributed by atoms with van der Waals surface area (Å²) in [5, 5.41) is 4.22. The van der Waals surface area contributed by atoms with Gasteiger partial charge in [-0.25, -0.2) is 9.97 Å². The lowest BCUT2D eigenvalue weighted by Crippen LogP contribution is -2.23. The van der Waals surface area contributed by atoms with Gasteiger partial charge in [-0.1, -0.05) is 12.8 Å². The molecular weight excluding hydrogens is 254 g/mol. The summed E-state index contributed by atoms with van der Waals surface area (Å²) >= 11 is 2.05. The lowest BCUT2D eigenvalue weighted by molar-refractivity contribution is 0.486. The molecule has 1 aromatic heterocycles. The van der Waals surface area contributed by atoms with Crippen LogP contribution >= 0.6 is 11.8 Å². The molecule has 0 radical (unpaired) electrons. The highest BCUT2D eigenvalue weighted by Gasteiger charge is 2.21. The summed E-state index contributed by atoms with van der Waals surface area (Å²) in [7, 11) is 2.03. The van der Waals surface area contributed by atoms with E-state index in [1.807, 2.05) is 7.05 Å². The van der Waals surface area contributed by atoms with Gasteiger partial charge < -0.3 is 5.32 Å². The highest BCUT2D eigenvalue weighted by atomic mass is 32.2. The topological polar surface area (TPSA) is 37.8 Å². The lowest BCUT2D eigenvalue weighted by atomic mass is 9.92. The first-order chi connectivity index (χ1) is 9.36. The van der Waals surface area contributed by atoms with Gasteiger partial charge >= 0.3 is 0 Å². The first-order valence-corrected chi connectivity index (χ1v) is 8.55. The van der Waals surface area contributed by atoms with Gasteiger partial charge in [-0.15, -0.1) is 0 Å². The predicted octanol–water partition coefficient (Wildman–Crippen LogP) is 3.25. The molecule has 0 bridgehead atoms. The minimum atomic E-state index is 0.459. The van der Waals surface area contributed by atoms with E-state index < -0.39 is 0 Å². The largest absolute Gasteiger partial charge is 0.313 e. The number of hydrogen-bond donors (Lipinski definition) is 1. The molecule has 0 aromatic carbocycles. The molecule has 2 aliphatic carbocycles. The maximum atomic E-state index is 4.80. The fraction of sp³-hybridized carbons (Fsp3) is 0.733. The van der Waals surface area contributed by atoms with Crippen molar-refractivity contribution in [1.29, 1.82) is 0 Å². The maximum Gasteiger partial charge on any atom is 0.138 e. The Morgan fingerprint density at radius 1 is 1.26 bits per heavy atom. The molecule has 1 N–H and O–H groups in total. The van der Waals surface area contributed by atoms with Gasteiger partial charge in [0.25, 0.3) is 0 Å². The van der Waals surface area contributed by atoms with Crippen molar-refractivity contribution < 1.29 is 0 Å². The monoisotopic (exact) mass is 277 g/mol. The Morgan fingerprint density at radius 2 is 2.11 bits per heavy atom. The second-order valence-corrected chi connectivity index (χ2v) is 6.93. The molecule has 1 atom stereocenters. The van der Waals surface area contributed by atoms with E-state index in [4.69, 9.17) is 4.98 Å². The normalized spacial score (nSPS) is 23.5. The zero-order chi connectivity index (χ0) is 13.1. The average Bonchev–Trinajstić information content (AvgIpc) is 2.97. The van der Waals surface area contributed by atoms with Crippen LogP contribution in [0.5, 0.6) is 0 Å². The SMILES string of the molecule is CNC1CCCc2nc(CSC3CCCC3)ncc21. The molecule has 2 aliphatic rings. The number of aryl methyl sites for hydroxylation is 1. The van der Waals surface area contributed by atoms with Crippen LogP contribution in [0, 0.1) is 0 Å². The fourth-order valence-corrected chi connectivity index (χ4v) is 4.40. The zero-order valence-electron chi connectivity index (χ0n) is 11.7. The minimum Gasteiger partial charge on any atom is -0.313 e. The van der Waals surface area contributed by atoms with Crippen LogP contribution in [0.25, 0.3) is 0 Å². The van der Waals surface area contributed by atoms with Crippen molar-refractivity contribution in [3.05, 3.63) is 23.3 Å². The fourth-order valence-electron chi connectivity index (χ4n) is 3.21. The van der Waals surface area contributed by atoms with Gasteiger partial charge in [-0.05, 0) is 39.2 Å². The van der Waals surface area contributed by atoms with E-state index in [2.05, 4.69) is 28.3 Å². The zero-order valence-corrected chi connectivity index (χ0v) is 12.5. The predicted molar refractivity (Wildman–Crippen MR) is 80.3 cm³/mol. The van der Waals surface area contributed by atoms with Crippen molar-refractivity contribution in [3.8, 4) is 0 Å². The van der Waals surface area contributed by atoms with E-state index >= 15 is 0 Å². The second kappa shape index (κ2) is 6.23. The van der Waals surface area contributed by atoms with Gasteiger partial charge in [-0.3, -0.25) is 0 Å². The summed E-state index contributed by atoms with van der Waals surface area (Å²) in [5.41, 5.74) is 2.60. The first kappa shape index (κ1) is 13.4. The summed E-state index contributed by atoms with van der Waals surface area (Å²) < 4.78 is 0. The number of hydrogen-bond acceptors (Lipinski definition) is 4. The van der Waals surface area contributed by atoms with Crippen molar-refractivity contribution >= 4 is 11.8 Å². The van der Waals surface area contributed by atoms with Gasteiger partial charge in [0.1, 0.15) is 5.82 Å². The summed E-state index contributed by atoms with van der Waals surface area (Å²) in [6.07, 6.45) is 11.2. The van der Waals surface area contributed by atoms with E-state index in [1.54, 1.807) is 0 Å². The number of fused-ring (bicyclic) bond motifs is 1. The molecule has 1 unspecified atom stereocenters. The molecule has 3 nitrogen and oxygen atoms in total. The third-order valence-corrected chi connectivity index (χ3v) is 5.70. The van der Waals surface area contributed by atoms with Crippen LogP contribution in [0.15, 0.2) is 6.20 Å². The van der Waals surface area contributed by atoms with Crippen LogP contribution in [-0.4, -0.2) is 22.3 Å². The smallest absolute Gasteiger partial charge is 0.138 e. The second-order valence-electron chi connectivity index (χ2n) is 5.64. The molecule has 3 rings (SSSR count). The van der Waals surface area contributed by atoms with Crippen LogP contribution < -0.4 is 5.32 Å². The minimum absolute atomic E-state index is 0.459. The third kappa shape index (κ3) is 3.11. The molecule has 0 saturated heterocycles. The van der Waals surface area contributed by atoms with Crippen molar-refractivity contribution in [1.82, 2.24) is 15.3 Å². The van der Waals surface area contributed by atoms with Crippen molar-refractivity contribution in [2.24, 2.45) is 0 Å². The number of nitrogens with one attached hydrogen (secondary N) is 1. The molecule has 4 heteroatoms. The number of aromatic nitrogens is 2. The average molecular weight is 277 g/mol. The van der Waals surface area contributed by atoms with Crippen LogP contribution in [-0.2, 0) is 12.2 Å². The Kier molecular flexibility index (Phi) is 4.38. The van der Waals surface area contributed by atoms with E-state index in [0.717, 1.165) is 23.2 Å². The van der Waals surface area contributed by atoms with Crippen LogP contribution in [0.2, 0.25) is 0 Å². The van der Waals surface area contributed by atoms with Gasteiger partial charge in [0.05, 0.1) is 5.75 Å². The molecule has 1 aromatic rings. The molecule has 0 aliphatic heterocycles. The standard InChI is InChI=1S/C15H23N3S/c1-16-13-7-4-8-14-12(13)9-17-15(18-14)10-19-11-5-2-3-6-11/h9,11,13,16H,2-8,10H2,1H3. The molecule has 1 saturated carbocycles. The van der Waals surface area contributed by atoms with Crippen LogP contribution in [0.1, 0.15) is 61.6 Å². The van der Waals surface area contributed by atoms with E-state index in [0.29, 0.717) is 6.04 Å². The van der Waals surface area contributed by atoms with E-state index in [9.17, 15) is 0 Å². The molecule has 1 fully saturated rings. The molecule has 1 heterocycles. The summed E-state index contributed by atoms with van der Waals surface area (Å²) in [5.74, 6) is 2.02. The van der Waals surface area contributed by atoms with Gasteiger partial charge in [0, 0.05) is 28.7 Å². The van der Waals surface area contributed by atoms with Crippen LogP contribution in [0.3, 0.4) is 0 Å². The summed E-state index contributed by atoms with van der Waals surface area (Å²) in [6.45, 7) is 0. The van der Waals surface area contributed by atoms with Gasteiger partial charge in [-0.2, -0.15) is 11.8 Å². The molecule has 19 heavy (non-hydrogen) atoms. The number of nitrogens with zero attached hydrogens (tertiary/aromatic N) is 2. The molecular formula is C15H23N3S. The Bertz CT molecular complexity index is 429. The third-order valence-electron chi connectivity index (χ3n) is 4.33. The quantitative estimate of drug-likeness (QED) is 0.917. The van der Waals surface area contributed by atoms with Crippen LogP contribution in [0.4, 0.5) is 0 Å². The molecule has 0 spiro atoms. The summed E-state index contributed by atoms with van der Waals surface area (Å²) in [6, 6.07) is 0.459. The van der Waals surface area contributed by atoms with E-state index in [1.165, 1.54) is 49.8 Å². The Labute approximate surface area is 120 Å². The van der Waals surface area contributed by atoms with Crippen molar-refractivity contribution in [2.75, 3.05) is 7.05 Å². The number of thioether (sulfide) groups is 1. The number of rotatable bonds is 4. The Hall–Kier alpha value is -0.610. The van der Waals surface area contributed by atoms with Gasteiger partial charge in [0.2, 0.25) is 0 Å². The first-order valence-electron chi connectivity index (χ1n) is 7.50. The lowest BCUT2D eigenvalue weighted by Gasteiger charge is -2.24. The maximum absolute atomic E-state index is 4.80.